The Morgan fingerprint density at radius 3 is 2.76 bits per heavy atom. The van der Waals surface area contributed by atoms with Crippen molar-refractivity contribution in [2.75, 3.05) is 7.11 Å². The van der Waals surface area contributed by atoms with Crippen molar-refractivity contribution in [1.29, 1.82) is 0 Å². The number of amides is 1. The number of aryl methyl sites for hydroxylation is 1. The number of hydrogen-bond acceptors (Lipinski definition) is 5. The lowest BCUT2D eigenvalue weighted by Crippen LogP contribution is -2.30. The monoisotopic (exact) mass is 466 g/mol. The highest BCUT2D eigenvalue weighted by atomic mass is 32.1. The molecule has 2 aromatic carbocycles. The lowest BCUT2D eigenvalue weighted by atomic mass is 10.1. The number of ether oxygens (including phenoxy) is 2. The topological polar surface area (TPSA) is 81.2 Å². The first-order valence-electron chi connectivity index (χ1n) is 11.3. The summed E-state index contributed by atoms with van der Waals surface area (Å²) in [6.07, 6.45) is 4.83. The average Bonchev–Trinajstić information content (AvgIpc) is 3.44. The second-order valence-electron chi connectivity index (χ2n) is 8.53. The van der Waals surface area contributed by atoms with E-state index in [1.54, 1.807) is 11.7 Å². The summed E-state index contributed by atoms with van der Waals surface area (Å²) in [5.74, 6) is 1.92. The van der Waals surface area contributed by atoms with E-state index in [9.17, 15) is 4.79 Å². The summed E-state index contributed by atoms with van der Waals surface area (Å²) in [5.41, 5.74) is 2.96. The van der Waals surface area contributed by atoms with E-state index in [2.05, 4.69) is 15.5 Å². The van der Waals surface area contributed by atoms with Crippen LogP contribution in [-0.4, -0.2) is 33.9 Å². The first kappa shape index (κ1) is 23.0. The number of carbonyl (C=O) groups is 1. The highest BCUT2D eigenvalue weighted by Gasteiger charge is 2.20. The lowest BCUT2D eigenvalue weighted by molar-refractivity contribution is -0.122. The zero-order chi connectivity index (χ0) is 23.4. The van der Waals surface area contributed by atoms with E-state index in [0.717, 1.165) is 35.3 Å². The van der Waals surface area contributed by atoms with Gasteiger partial charge in [-0.3, -0.25) is 14.5 Å². The molecule has 0 bridgehead atoms. The van der Waals surface area contributed by atoms with E-state index in [1.807, 2.05) is 56.3 Å². The van der Waals surface area contributed by atoms with Crippen LogP contribution in [0.15, 0.2) is 42.5 Å². The number of aromatic amines is 1. The summed E-state index contributed by atoms with van der Waals surface area (Å²) >= 11 is 5.37. The normalized spacial score (nSPS) is 14.8. The Balaban J connectivity index is 1.45. The quantitative estimate of drug-likeness (QED) is 0.450. The van der Waals surface area contributed by atoms with Gasteiger partial charge in [0.2, 0.25) is 5.91 Å². The molecule has 174 valence electrons. The Morgan fingerprint density at radius 2 is 2.03 bits per heavy atom. The molecule has 1 unspecified atom stereocenters. The summed E-state index contributed by atoms with van der Waals surface area (Å²) in [6.45, 7) is 4.03. The van der Waals surface area contributed by atoms with Gasteiger partial charge < -0.3 is 14.8 Å². The van der Waals surface area contributed by atoms with Crippen molar-refractivity contribution in [2.45, 2.75) is 58.2 Å². The van der Waals surface area contributed by atoms with Crippen LogP contribution in [0.4, 0.5) is 0 Å². The Kier molecular flexibility index (Phi) is 7.13. The van der Waals surface area contributed by atoms with Gasteiger partial charge in [-0.05, 0) is 75.5 Å². The van der Waals surface area contributed by atoms with E-state index < -0.39 is 0 Å². The van der Waals surface area contributed by atoms with Crippen molar-refractivity contribution in [2.24, 2.45) is 0 Å². The lowest BCUT2D eigenvalue weighted by Gasteiger charge is -2.19. The fourth-order valence-corrected chi connectivity index (χ4v) is 4.42. The molecule has 2 N–H and O–H groups in total. The molecule has 0 radical (unpaired) electrons. The number of hydrogen-bond donors (Lipinski definition) is 2. The Hall–Kier alpha value is -3.13. The minimum absolute atomic E-state index is 0.0724. The Labute approximate surface area is 199 Å². The molecular formula is C25H30N4O3S. The van der Waals surface area contributed by atoms with Crippen LogP contribution in [0.1, 0.15) is 49.8 Å². The highest BCUT2D eigenvalue weighted by molar-refractivity contribution is 7.71. The third-order valence-electron chi connectivity index (χ3n) is 6.00. The minimum Gasteiger partial charge on any atom is -0.493 e. The molecule has 7 nitrogen and oxygen atoms in total. The van der Waals surface area contributed by atoms with Crippen LogP contribution in [0.25, 0.3) is 11.4 Å². The maximum Gasteiger partial charge on any atom is 0.240 e. The van der Waals surface area contributed by atoms with Crippen molar-refractivity contribution < 1.29 is 14.3 Å². The van der Waals surface area contributed by atoms with Crippen LogP contribution in [0.2, 0.25) is 0 Å². The van der Waals surface area contributed by atoms with Crippen LogP contribution in [0, 0.1) is 11.7 Å². The highest BCUT2D eigenvalue weighted by Crippen LogP contribution is 2.33. The van der Waals surface area contributed by atoms with Gasteiger partial charge in [0.15, 0.2) is 22.1 Å². The molecule has 33 heavy (non-hydrogen) atoms. The van der Waals surface area contributed by atoms with E-state index in [1.165, 1.54) is 12.8 Å². The van der Waals surface area contributed by atoms with Crippen LogP contribution >= 0.6 is 12.2 Å². The molecule has 1 saturated carbocycles. The fourth-order valence-electron chi connectivity index (χ4n) is 4.22. The Morgan fingerprint density at radius 1 is 1.24 bits per heavy atom. The number of H-pyrrole nitrogens is 1. The van der Waals surface area contributed by atoms with Crippen molar-refractivity contribution in [3.63, 3.8) is 0 Å². The van der Waals surface area contributed by atoms with Crippen LogP contribution in [0.3, 0.4) is 0 Å². The average molecular weight is 467 g/mol. The number of rotatable bonds is 8. The van der Waals surface area contributed by atoms with Gasteiger partial charge in [-0.25, -0.2) is 0 Å². The molecule has 8 heteroatoms. The number of nitrogens with zero attached hydrogens (tertiary/aromatic N) is 2. The molecule has 1 amide bonds. The molecule has 4 rings (SSSR count). The first-order valence-corrected chi connectivity index (χ1v) is 11.7. The van der Waals surface area contributed by atoms with Crippen LogP contribution in [-0.2, 0) is 11.3 Å². The standard InChI is InChI=1S/C25H30N4O3S/c1-16-7-6-8-19(13-16)24-27-28-25(33)29(24)15-23(30)26-17(2)18-11-12-21(22(14-18)31-3)32-20-9-4-5-10-20/h6-8,11-14,17,20H,4-5,9-10,15H2,1-3H3,(H,26,30)(H,28,33). The number of carbonyl (C=O) groups excluding carboxylic acids is 1. The minimum atomic E-state index is -0.213. The third kappa shape index (κ3) is 5.45. The number of methoxy groups -OCH3 is 1. The van der Waals surface area contributed by atoms with Gasteiger partial charge in [0, 0.05) is 5.56 Å². The molecule has 3 aromatic rings. The van der Waals surface area contributed by atoms with E-state index in [-0.39, 0.29) is 24.6 Å². The zero-order valence-corrected chi connectivity index (χ0v) is 20.1. The molecule has 1 atom stereocenters. The van der Waals surface area contributed by atoms with Gasteiger partial charge in [0.25, 0.3) is 0 Å². The summed E-state index contributed by atoms with van der Waals surface area (Å²) in [5, 5.41) is 10.2. The van der Waals surface area contributed by atoms with Crippen LogP contribution in [0.5, 0.6) is 11.5 Å². The molecule has 0 saturated heterocycles. The molecule has 0 spiro atoms. The summed E-state index contributed by atoms with van der Waals surface area (Å²) < 4.78 is 13.8. The predicted octanol–water partition coefficient (Wildman–Crippen LogP) is 5.12. The number of nitrogens with one attached hydrogen (secondary N) is 2. The Bertz CT molecular complexity index is 1180. The van der Waals surface area contributed by atoms with Crippen LogP contribution < -0.4 is 14.8 Å². The summed E-state index contributed by atoms with van der Waals surface area (Å²) in [6, 6.07) is 13.6. The molecule has 1 aromatic heterocycles. The van der Waals surface area contributed by atoms with Gasteiger partial charge in [-0.1, -0.05) is 29.8 Å². The number of benzene rings is 2. The van der Waals surface area contributed by atoms with Crippen molar-refractivity contribution in [1.82, 2.24) is 20.1 Å². The van der Waals surface area contributed by atoms with Gasteiger partial charge in [-0.15, -0.1) is 0 Å². The SMILES string of the molecule is COc1cc(C(C)NC(=O)Cn2c(-c3cccc(C)c3)n[nH]c2=S)ccc1OC1CCCC1. The maximum absolute atomic E-state index is 12.9. The van der Waals surface area contributed by atoms with Crippen molar-refractivity contribution >= 4 is 18.1 Å². The van der Waals surface area contributed by atoms with E-state index in [4.69, 9.17) is 21.7 Å². The van der Waals surface area contributed by atoms with Crippen molar-refractivity contribution in [3.8, 4) is 22.9 Å². The first-order chi connectivity index (χ1) is 15.9. The van der Waals surface area contributed by atoms with Gasteiger partial charge >= 0.3 is 0 Å². The maximum atomic E-state index is 12.9. The van der Waals surface area contributed by atoms with Gasteiger partial charge in [0.1, 0.15) is 6.54 Å². The number of aromatic nitrogens is 3. The zero-order valence-electron chi connectivity index (χ0n) is 19.3. The largest absolute Gasteiger partial charge is 0.493 e. The molecule has 1 heterocycles. The molecule has 1 fully saturated rings. The molecular weight excluding hydrogens is 436 g/mol. The van der Waals surface area contributed by atoms with Crippen molar-refractivity contribution in [3.05, 3.63) is 58.4 Å². The van der Waals surface area contributed by atoms with E-state index in [0.29, 0.717) is 16.3 Å². The summed E-state index contributed by atoms with van der Waals surface area (Å²) in [4.78, 5) is 12.9. The van der Waals surface area contributed by atoms with Gasteiger partial charge in [-0.2, -0.15) is 5.10 Å². The van der Waals surface area contributed by atoms with Gasteiger partial charge in [0.05, 0.1) is 19.3 Å². The van der Waals surface area contributed by atoms with E-state index >= 15 is 0 Å². The predicted molar refractivity (Wildman–Crippen MR) is 130 cm³/mol. The fraction of sp³-hybridized carbons (Fsp3) is 0.400. The second-order valence-corrected chi connectivity index (χ2v) is 8.92. The second kappa shape index (κ2) is 10.2. The smallest absolute Gasteiger partial charge is 0.240 e. The summed E-state index contributed by atoms with van der Waals surface area (Å²) in [7, 11) is 1.64. The molecule has 1 aliphatic carbocycles. The third-order valence-corrected chi connectivity index (χ3v) is 6.31. The molecule has 0 aliphatic heterocycles. The molecule has 1 aliphatic rings.